The van der Waals surface area contributed by atoms with Gasteiger partial charge in [-0.3, -0.25) is 4.79 Å². The molecule has 146 valence electrons. The van der Waals surface area contributed by atoms with E-state index in [1.54, 1.807) is 24.1 Å². The number of hydrogen-bond donors (Lipinski definition) is 2. The van der Waals surface area contributed by atoms with Crippen molar-refractivity contribution in [2.45, 2.75) is 42.7 Å². The molecule has 1 aromatic carbocycles. The summed E-state index contributed by atoms with van der Waals surface area (Å²) >= 11 is 0. The number of ether oxygens (including phenoxy) is 1. The van der Waals surface area contributed by atoms with E-state index in [0.29, 0.717) is 5.56 Å². The fourth-order valence-corrected chi connectivity index (χ4v) is 4.57. The lowest BCUT2D eigenvalue weighted by Gasteiger charge is -2.31. The molecule has 0 spiro atoms. The largest absolute Gasteiger partial charge is 0.495 e. The van der Waals surface area contributed by atoms with E-state index in [1.165, 1.54) is 13.2 Å². The lowest BCUT2D eigenvalue weighted by atomic mass is 10.0. The maximum Gasteiger partial charge on any atom is 0.253 e. The molecule has 1 aliphatic heterocycles. The molecule has 1 saturated heterocycles. The molecule has 1 saturated carbocycles. The van der Waals surface area contributed by atoms with Crippen LogP contribution < -0.4 is 14.8 Å². The molecule has 2 fully saturated rings. The quantitative estimate of drug-likeness (QED) is 0.749. The second-order valence-corrected chi connectivity index (χ2v) is 8.34. The van der Waals surface area contributed by atoms with E-state index < -0.39 is 10.0 Å². The third-order valence-corrected chi connectivity index (χ3v) is 6.32. The average Bonchev–Trinajstić information content (AvgIpc) is 3.44. The topological polar surface area (TPSA) is 87.7 Å². The van der Waals surface area contributed by atoms with Crippen molar-refractivity contribution in [2.24, 2.45) is 0 Å². The van der Waals surface area contributed by atoms with Crippen LogP contribution in [0.3, 0.4) is 0 Å². The highest BCUT2D eigenvalue weighted by Crippen LogP contribution is 2.29. The Morgan fingerprint density at radius 1 is 1.23 bits per heavy atom. The molecule has 9 heteroatoms. The monoisotopic (exact) mass is 403 g/mol. The zero-order chi connectivity index (χ0) is 18.0. The van der Waals surface area contributed by atoms with E-state index in [9.17, 15) is 13.2 Å². The molecule has 0 unspecified atom stereocenters. The van der Waals surface area contributed by atoms with Gasteiger partial charge in [-0.1, -0.05) is 0 Å². The molecular formula is C17H26ClN3O4S. The van der Waals surface area contributed by atoms with E-state index in [2.05, 4.69) is 10.0 Å². The number of piperidine rings is 1. The third-order valence-electron chi connectivity index (χ3n) is 4.78. The number of hydrogen-bond acceptors (Lipinski definition) is 5. The molecular weight excluding hydrogens is 378 g/mol. The van der Waals surface area contributed by atoms with Crippen molar-refractivity contribution in [1.29, 1.82) is 0 Å². The average molecular weight is 404 g/mol. The van der Waals surface area contributed by atoms with Gasteiger partial charge in [0, 0.05) is 24.7 Å². The minimum absolute atomic E-state index is 0. The Morgan fingerprint density at radius 3 is 2.46 bits per heavy atom. The first-order valence-corrected chi connectivity index (χ1v) is 10.1. The van der Waals surface area contributed by atoms with Gasteiger partial charge in [-0.15, -0.1) is 12.4 Å². The molecule has 1 amide bonds. The smallest absolute Gasteiger partial charge is 0.253 e. The van der Waals surface area contributed by atoms with Gasteiger partial charge in [0.25, 0.3) is 5.91 Å². The normalized spacial score (nSPS) is 18.1. The lowest BCUT2D eigenvalue weighted by Crippen LogP contribution is -2.44. The molecule has 2 N–H and O–H groups in total. The number of methoxy groups -OCH3 is 1. The van der Waals surface area contributed by atoms with Crippen LogP contribution in [0.4, 0.5) is 0 Å². The van der Waals surface area contributed by atoms with Gasteiger partial charge < -0.3 is 15.0 Å². The van der Waals surface area contributed by atoms with Crippen LogP contribution in [0.1, 0.15) is 36.0 Å². The van der Waals surface area contributed by atoms with Crippen molar-refractivity contribution >= 4 is 28.3 Å². The van der Waals surface area contributed by atoms with Crippen LogP contribution in [-0.2, 0) is 10.0 Å². The Hall–Kier alpha value is -1.35. The van der Waals surface area contributed by atoms with Crippen LogP contribution >= 0.6 is 12.4 Å². The summed E-state index contributed by atoms with van der Waals surface area (Å²) in [6, 6.07) is 4.75. The van der Waals surface area contributed by atoms with Crippen molar-refractivity contribution in [1.82, 2.24) is 14.9 Å². The van der Waals surface area contributed by atoms with Gasteiger partial charge in [0.1, 0.15) is 10.6 Å². The van der Waals surface area contributed by atoms with Gasteiger partial charge in [0.2, 0.25) is 10.0 Å². The van der Waals surface area contributed by atoms with Gasteiger partial charge in [0.05, 0.1) is 7.11 Å². The van der Waals surface area contributed by atoms with Crippen molar-refractivity contribution in [2.75, 3.05) is 27.2 Å². The number of sulfonamides is 1. The maximum absolute atomic E-state index is 12.8. The van der Waals surface area contributed by atoms with Crippen molar-refractivity contribution in [3.63, 3.8) is 0 Å². The number of nitrogens with zero attached hydrogens (tertiary/aromatic N) is 1. The maximum atomic E-state index is 12.8. The number of carbonyl (C=O) groups excluding carboxylic acids is 1. The summed E-state index contributed by atoms with van der Waals surface area (Å²) in [5.41, 5.74) is 0.359. The van der Waals surface area contributed by atoms with E-state index in [4.69, 9.17) is 4.74 Å². The van der Waals surface area contributed by atoms with E-state index >= 15 is 0 Å². The first-order valence-electron chi connectivity index (χ1n) is 8.60. The van der Waals surface area contributed by atoms with Crippen molar-refractivity contribution in [3.8, 4) is 5.75 Å². The summed E-state index contributed by atoms with van der Waals surface area (Å²) in [5.74, 6) is 0.0756. The predicted octanol–water partition coefficient (Wildman–Crippen LogP) is 1.38. The minimum atomic E-state index is -3.70. The van der Waals surface area contributed by atoms with Crippen LogP contribution in [0.25, 0.3) is 0 Å². The fraction of sp³-hybridized carbons (Fsp3) is 0.588. The molecule has 0 radical (unpaired) electrons. The molecule has 3 rings (SSSR count). The molecule has 0 aromatic heterocycles. The molecule has 0 atom stereocenters. The van der Waals surface area contributed by atoms with Crippen LogP contribution in [0.15, 0.2) is 23.1 Å². The molecule has 2 aliphatic rings. The number of carbonyl (C=O) groups is 1. The SMILES string of the molecule is COc1ccc(C(=O)N(C)C2CCNCC2)cc1S(=O)(=O)NC1CC1.Cl. The van der Waals surface area contributed by atoms with Crippen LogP contribution in [-0.4, -0.2) is 58.6 Å². The molecule has 26 heavy (non-hydrogen) atoms. The molecule has 1 aliphatic carbocycles. The predicted molar refractivity (Wildman–Crippen MR) is 102 cm³/mol. The van der Waals surface area contributed by atoms with Crippen molar-refractivity contribution < 1.29 is 17.9 Å². The van der Waals surface area contributed by atoms with Gasteiger partial charge in [-0.2, -0.15) is 0 Å². The highest BCUT2D eigenvalue weighted by molar-refractivity contribution is 7.89. The van der Waals surface area contributed by atoms with Crippen molar-refractivity contribution in [3.05, 3.63) is 23.8 Å². The molecule has 1 heterocycles. The molecule has 7 nitrogen and oxygen atoms in total. The Balaban J connectivity index is 0.00000243. The summed E-state index contributed by atoms with van der Waals surface area (Å²) in [6.45, 7) is 1.77. The number of halogens is 1. The van der Waals surface area contributed by atoms with Crippen LogP contribution in [0, 0.1) is 0 Å². The standard InChI is InChI=1S/C17H25N3O4S.ClH/c1-20(14-7-9-18-10-8-14)17(21)12-3-6-15(24-2)16(11-12)25(22,23)19-13-4-5-13;/h3,6,11,13-14,18-19H,4-5,7-10H2,1-2H3;1H. The lowest BCUT2D eigenvalue weighted by molar-refractivity contribution is 0.0703. The Kier molecular flexibility index (Phi) is 6.90. The summed E-state index contributed by atoms with van der Waals surface area (Å²) < 4.78 is 33.0. The van der Waals surface area contributed by atoms with E-state index in [1.807, 2.05) is 0 Å². The zero-order valence-electron chi connectivity index (χ0n) is 15.0. The minimum Gasteiger partial charge on any atom is -0.495 e. The Morgan fingerprint density at radius 2 is 1.88 bits per heavy atom. The first-order chi connectivity index (χ1) is 11.9. The summed E-state index contributed by atoms with van der Waals surface area (Å²) in [6.07, 6.45) is 3.48. The number of amides is 1. The highest BCUT2D eigenvalue weighted by atomic mass is 35.5. The van der Waals surface area contributed by atoms with Gasteiger partial charge in [-0.25, -0.2) is 13.1 Å². The van der Waals surface area contributed by atoms with Crippen LogP contribution in [0.2, 0.25) is 0 Å². The third kappa shape index (κ3) is 4.68. The Bertz CT molecular complexity index is 746. The van der Waals surface area contributed by atoms with Gasteiger partial charge >= 0.3 is 0 Å². The number of nitrogens with one attached hydrogen (secondary N) is 2. The summed E-state index contributed by atoms with van der Waals surface area (Å²) in [4.78, 5) is 14.5. The van der Waals surface area contributed by atoms with E-state index in [-0.39, 0.29) is 41.0 Å². The highest BCUT2D eigenvalue weighted by Gasteiger charge is 2.31. The molecule has 1 aromatic rings. The number of rotatable bonds is 6. The summed E-state index contributed by atoms with van der Waals surface area (Å²) in [5, 5.41) is 3.27. The molecule has 0 bridgehead atoms. The van der Waals surface area contributed by atoms with Gasteiger partial charge in [0.15, 0.2) is 0 Å². The first kappa shape index (κ1) is 21.0. The van der Waals surface area contributed by atoms with Gasteiger partial charge in [-0.05, 0) is 57.0 Å². The number of benzene rings is 1. The van der Waals surface area contributed by atoms with E-state index in [0.717, 1.165) is 38.8 Å². The van der Waals surface area contributed by atoms with Crippen LogP contribution in [0.5, 0.6) is 5.75 Å². The summed E-state index contributed by atoms with van der Waals surface area (Å²) in [7, 11) is -0.500. The second kappa shape index (κ2) is 8.56. The second-order valence-electron chi connectivity index (χ2n) is 6.66. The fourth-order valence-electron chi connectivity index (χ4n) is 3.07. The Labute approximate surface area is 160 Å². The zero-order valence-corrected chi connectivity index (χ0v) is 16.7.